The van der Waals surface area contributed by atoms with Crippen molar-refractivity contribution in [2.75, 3.05) is 18.3 Å². The minimum Gasteiger partial charge on any atom is -0.292 e. The lowest BCUT2D eigenvalue weighted by Crippen LogP contribution is -2.19. The Labute approximate surface area is 77.0 Å². The van der Waals surface area contributed by atoms with E-state index in [1.54, 1.807) is 18.6 Å². The van der Waals surface area contributed by atoms with Crippen LogP contribution in [0.3, 0.4) is 0 Å². The van der Waals surface area contributed by atoms with E-state index in [1.165, 1.54) is 11.3 Å². The van der Waals surface area contributed by atoms with Crippen LogP contribution in [0.2, 0.25) is 0 Å². The van der Waals surface area contributed by atoms with Crippen LogP contribution in [0, 0.1) is 0 Å². The molecule has 0 saturated heterocycles. The first-order chi connectivity index (χ1) is 5.49. The molecule has 0 saturated carbocycles. The summed E-state index contributed by atoms with van der Waals surface area (Å²) in [4.78, 5) is 12.1. The first-order valence-electron chi connectivity index (χ1n) is 3.60. The van der Waals surface area contributed by atoms with Gasteiger partial charge in [0.05, 0.1) is 10.6 Å². The summed E-state index contributed by atoms with van der Waals surface area (Å²) in [5.74, 6) is 0.186. The second kappa shape index (κ2) is 3.49. The van der Waals surface area contributed by atoms with E-state index in [1.807, 2.05) is 11.4 Å². The molecule has 1 aromatic rings. The lowest BCUT2D eigenvalue weighted by Gasteiger charge is -2.08. The fourth-order valence-electron chi connectivity index (χ4n) is 0.861. The molecule has 68 valence electrons. The van der Waals surface area contributed by atoms with E-state index in [4.69, 9.17) is 0 Å². The van der Waals surface area contributed by atoms with Gasteiger partial charge in [-0.3, -0.25) is 9.00 Å². The highest BCUT2D eigenvalue weighted by Crippen LogP contribution is 2.11. The van der Waals surface area contributed by atoms with Crippen LogP contribution in [0.1, 0.15) is 9.67 Å². The van der Waals surface area contributed by atoms with Crippen molar-refractivity contribution in [3.63, 3.8) is 0 Å². The van der Waals surface area contributed by atoms with E-state index >= 15 is 0 Å². The Hall–Kier alpha value is -0.480. The van der Waals surface area contributed by atoms with Crippen LogP contribution in [0.4, 0.5) is 0 Å². The Morgan fingerprint density at radius 1 is 1.58 bits per heavy atom. The van der Waals surface area contributed by atoms with Gasteiger partial charge in [-0.05, 0) is 24.0 Å². The van der Waals surface area contributed by atoms with E-state index in [0.717, 1.165) is 0 Å². The maximum absolute atomic E-state index is 11.4. The summed E-state index contributed by atoms with van der Waals surface area (Å²) in [6.07, 6.45) is 3.27. The number of thiol groups is 1. The maximum Gasteiger partial charge on any atom is 0.183 e. The van der Waals surface area contributed by atoms with Crippen molar-refractivity contribution in [1.29, 1.82) is 0 Å². The van der Waals surface area contributed by atoms with Crippen LogP contribution in [-0.2, 0) is 9.93 Å². The zero-order valence-electron chi connectivity index (χ0n) is 7.11. The topological polar surface area (TPSA) is 34.1 Å². The molecule has 0 aromatic carbocycles. The van der Waals surface area contributed by atoms with Gasteiger partial charge in [0.25, 0.3) is 0 Å². The molecule has 0 spiro atoms. The van der Waals surface area contributed by atoms with Crippen molar-refractivity contribution in [2.24, 2.45) is 0 Å². The lowest BCUT2D eigenvalue weighted by atomic mass is 10.4. The van der Waals surface area contributed by atoms with Crippen LogP contribution in [0.25, 0.3) is 0 Å². The second-order valence-electron chi connectivity index (χ2n) is 3.13. The van der Waals surface area contributed by atoms with E-state index in [9.17, 15) is 9.00 Å². The fraction of sp³-hybridized carbons (Fsp3) is 0.375. The van der Waals surface area contributed by atoms with Crippen LogP contribution in [0.15, 0.2) is 17.5 Å². The number of Topliss-reactive ketones (excluding diaryl/α,β-unsaturated/α-hetero) is 1. The fourth-order valence-corrected chi connectivity index (χ4v) is 2.49. The number of carbonyl (C=O) groups excluding carboxylic acids is 1. The number of carbonyl (C=O) groups is 1. The molecule has 0 unspecified atom stereocenters. The highest BCUT2D eigenvalue weighted by atomic mass is 32.2. The van der Waals surface area contributed by atoms with Crippen molar-refractivity contribution in [2.45, 2.75) is 0 Å². The maximum atomic E-state index is 11.4. The van der Waals surface area contributed by atoms with Gasteiger partial charge in [0, 0.05) is 0 Å². The van der Waals surface area contributed by atoms with Gasteiger partial charge in [0.1, 0.15) is 0 Å². The minimum atomic E-state index is -2.21. The molecule has 1 heterocycles. The minimum absolute atomic E-state index is 0.00154. The monoisotopic (exact) mass is 204 g/mol. The zero-order valence-corrected chi connectivity index (χ0v) is 8.82. The Balaban J connectivity index is 2.69. The Morgan fingerprint density at radius 3 is 2.67 bits per heavy atom. The number of rotatable bonds is 3. The van der Waals surface area contributed by atoms with Gasteiger partial charge in [-0.25, -0.2) is 0 Å². The first kappa shape index (κ1) is 9.61. The van der Waals surface area contributed by atoms with Crippen molar-refractivity contribution in [3.05, 3.63) is 22.4 Å². The number of hydrogen-bond acceptors (Lipinski definition) is 3. The molecule has 0 radical (unpaired) electrons. The smallest absolute Gasteiger partial charge is 0.183 e. The normalized spacial score (nSPS) is 12.8. The first-order valence-corrected chi connectivity index (χ1v) is 7.26. The van der Waals surface area contributed by atoms with Crippen molar-refractivity contribution in [3.8, 4) is 0 Å². The van der Waals surface area contributed by atoms with Crippen LogP contribution in [-0.4, -0.2) is 28.3 Å². The van der Waals surface area contributed by atoms with Gasteiger partial charge < -0.3 is 0 Å². The average molecular weight is 204 g/mol. The van der Waals surface area contributed by atoms with Crippen LogP contribution in [0.5, 0.6) is 0 Å². The molecule has 0 N–H and O–H groups in total. The Bertz CT molecular complexity index is 308. The number of ketones is 1. The molecule has 12 heavy (non-hydrogen) atoms. The summed E-state index contributed by atoms with van der Waals surface area (Å²) in [5.41, 5.74) is 0. The third kappa shape index (κ3) is 2.87. The standard InChI is InChI=1S/C8H12O2S2/c1-12(2,10)6-7(9)8-4-3-5-11-8/h3-5,12H,6H2,1-2H3. The average Bonchev–Trinajstić information content (AvgIpc) is 2.32. The molecule has 2 nitrogen and oxygen atoms in total. The van der Waals surface area contributed by atoms with Gasteiger partial charge in [0.2, 0.25) is 0 Å². The molecular weight excluding hydrogens is 192 g/mol. The van der Waals surface area contributed by atoms with Crippen molar-refractivity contribution in [1.82, 2.24) is 0 Å². The van der Waals surface area contributed by atoms with E-state index in [-0.39, 0.29) is 11.5 Å². The quantitative estimate of drug-likeness (QED) is 0.593. The molecule has 0 amide bonds. The van der Waals surface area contributed by atoms with Gasteiger partial charge >= 0.3 is 0 Å². The Kier molecular flexibility index (Phi) is 2.80. The summed E-state index contributed by atoms with van der Waals surface area (Å²) in [5, 5.41) is 1.85. The summed E-state index contributed by atoms with van der Waals surface area (Å²) in [6, 6.07) is 3.59. The van der Waals surface area contributed by atoms with Crippen molar-refractivity contribution < 1.29 is 9.00 Å². The van der Waals surface area contributed by atoms with Crippen LogP contribution < -0.4 is 0 Å². The summed E-state index contributed by atoms with van der Waals surface area (Å²) >= 11 is 1.40. The summed E-state index contributed by atoms with van der Waals surface area (Å²) in [7, 11) is -2.21. The molecule has 0 atom stereocenters. The molecule has 4 heteroatoms. The lowest BCUT2D eigenvalue weighted by molar-refractivity contribution is 0.102. The van der Waals surface area contributed by atoms with E-state index < -0.39 is 9.93 Å². The third-order valence-corrected chi connectivity index (χ3v) is 3.28. The molecule has 1 aromatic heterocycles. The zero-order chi connectivity index (χ0) is 9.19. The number of hydrogen-bond donors (Lipinski definition) is 1. The third-order valence-electron chi connectivity index (χ3n) is 1.32. The molecule has 0 bridgehead atoms. The van der Waals surface area contributed by atoms with Crippen LogP contribution >= 0.6 is 11.3 Å². The summed E-state index contributed by atoms with van der Waals surface area (Å²) < 4.78 is 11.3. The number of thiophene rings is 1. The predicted molar refractivity (Wildman–Crippen MR) is 54.9 cm³/mol. The predicted octanol–water partition coefficient (Wildman–Crippen LogP) is 1.21. The molecule has 0 aliphatic heterocycles. The van der Waals surface area contributed by atoms with Gasteiger partial charge in [0.15, 0.2) is 5.78 Å². The van der Waals surface area contributed by atoms with Gasteiger partial charge in [-0.15, -0.1) is 21.3 Å². The largest absolute Gasteiger partial charge is 0.292 e. The summed E-state index contributed by atoms with van der Waals surface area (Å²) in [6.45, 7) is 0. The highest BCUT2D eigenvalue weighted by molar-refractivity contribution is 8.02. The molecular formula is C8H12O2S2. The molecule has 0 aliphatic carbocycles. The second-order valence-corrected chi connectivity index (χ2v) is 7.54. The van der Waals surface area contributed by atoms with E-state index in [0.29, 0.717) is 4.88 Å². The highest BCUT2D eigenvalue weighted by Gasteiger charge is 2.11. The van der Waals surface area contributed by atoms with Crippen molar-refractivity contribution >= 4 is 27.1 Å². The van der Waals surface area contributed by atoms with Gasteiger partial charge in [-0.2, -0.15) is 0 Å². The molecule has 0 fully saturated rings. The molecule has 0 aliphatic rings. The SMILES string of the molecule is C[SH](C)(=O)CC(=O)c1cccs1. The molecule has 1 rings (SSSR count). The van der Waals surface area contributed by atoms with E-state index in [2.05, 4.69) is 0 Å². The van der Waals surface area contributed by atoms with Gasteiger partial charge in [-0.1, -0.05) is 6.07 Å². The Morgan fingerprint density at radius 2 is 2.25 bits per heavy atom.